The van der Waals surface area contributed by atoms with Crippen molar-refractivity contribution in [2.45, 2.75) is 45.6 Å². The number of rotatable bonds is 3. The summed E-state index contributed by atoms with van der Waals surface area (Å²) in [6, 6.07) is 7.31. The van der Waals surface area contributed by atoms with E-state index in [1.807, 2.05) is 19.2 Å². The second-order valence-corrected chi connectivity index (χ2v) is 6.32. The summed E-state index contributed by atoms with van der Waals surface area (Å²) in [4.78, 5) is 0. The molecule has 0 heterocycles. The molecule has 100 valence electrons. The highest BCUT2D eigenvalue weighted by molar-refractivity contribution is 5.20. The summed E-state index contributed by atoms with van der Waals surface area (Å²) < 4.78 is 13.0. The molecule has 1 aromatic rings. The maximum absolute atomic E-state index is 13.0. The Kier molecular flexibility index (Phi) is 4.06. The normalized spacial score (nSPS) is 21.8. The maximum atomic E-state index is 13.0. The lowest BCUT2D eigenvalue weighted by molar-refractivity contribution is 0.164. The standard InChI is InChI=1S/C16H24FN/c1-16(2)10-8-13(9-11-16)15(18-3)12-4-6-14(17)7-5-12/h4-7,13,15,18H,8-11H2,1-3H3. The van der Waals surface area contributed by atoms with E-state index in [0.29, 0.717) is 17.4 Å². The van der Waals surface area contributed by atoms with Gasteiger partial charge in [0.1, 0.15) is 5.82 Å². The van der Waals surface area contributed by atoms with Crippen molar-refractivity contribution >= 4 is 0 Å². The minimum atomic E-state index is -0.154. The maximum Gasteiger partial charge on any atom is 0.123 e. The first-order valence-electron chi connectivity index (χ1n) is 6.94. The molecule has 0 bridgehead atoms. The Hall–Kier alpha value is -0.890. The molecule has 0 aliphatic heterocycles. The minimum Gasteiger partial charge on any atom is -0.313 e. The van der Waals surface area contributed by atoms with E-state index in [0.717, 1.165) is 0 Å². The molecule has 1 saturated carbocycles. The third kappa shape index (κ3) is 3.11. The third-order valence-electron chi connectivity index (χ3n) is 4.40. The molecule has 0 amide bonds. The van der Waals surface area contributed by atoms with Gasteiger partial charge in [-0.3, -0.25) is 0 Å². The van der Waals surface area contributed by atoms with Crippen molar-refractivity contribution in [3.63, 3.8) is 0 Å². The second-order valence-electron chi connectivity index (χ2n) is 6.32. The first-order valence-corrected chi connectivity index (χ1v) is 6.94. The van der Waals surface area contributed by atoms with Crippen LogP contribution in [-0.4, -0.2) is 7.05 Å². The SMILES string of the molecule is CNC(c1ccc(F)cc1)C1CCC(C)(C)CC1. The van der Waals surface area contributed by atoms with Gasteiger partial charge in [0, 0.05) is 6.04 Å². The Balaban J connectivity index is 2.08. The highest BCUT2D eigenvalue weighted by atomic mass is 19.1. The molecule has 1 fully saturated rings. The number of hydrogen-bond donors (Lipinski definition) is 1. The molecule has 0 spiro atoms. The summed E-state index contributed by atoms with van der Waals surface area (Å²) in [5.41, 5.74) is 1.71. The Bertz CT molecular complexity index is 373. The van der Waals surface area contributed by atoms with Crippen LogP contribution in [0.2, 0.25) is 0 Å². The number of hydrogen-bond acceptors (Lipinski definition) is 1. The molecule has 1 aromatic carbocycles. The Morgan fingerprint density at radius 1 is 1.17 bits per heavy atom. The van der Waals surface area contributed by atoms with Crippen molar-refractivity contribution in [1.82, 2.24) is 5.32 Å². The topological polar surface area (TPSA) is 12.0 Å². The number of benzene rings is 1. The van der Waals surface area contributed by atoms with Crippen molar-refractivity contribution in [2.24, 2.45) is 11.3 Å². The van der Waals surface area contributed by atoms with Crippen molar-refractivity contribution in [3.05, 3.63) is 35.6 Å². The summed E-state index contributed by atoms with van der Waals surface area (Å²) in [6.07, 6.45) is 5.10. The lowest BCUT2D eigenvalue weighted by Crippen LogP contribution is -2.31. The summed E-state index contributed by atoms with van der Waals surface area (Å²) in [5.74, 6) is 0.520. The van der Waals surface area contributed by atoms with Gasteiger partial charge in [-0.1, -0.05) is 26.0 Å². The van der Waals surface area contributed by atoms with Crippen LogP contribution < -0.4 is 5.32 Å². The van der Waals surface area contributed by atoms with E-state index >= 15 is 0 Å². The summed E-state index contributed by atoms with van der Waals surface area (Å²) in [7, 11) is 2.01. The van der Waals surface area contributed by atoms with Crippen molar-refractivity contribution in [3.8, 4) is 0 Å². The zero-order chi connectivity index (χ0) is 13.2. The summed E-state index contributed by atoms with van der Waals surface area (Å²) in [5, 5.41) is 3.41. The van der Waals surface area contributed by atoms with Crippen molar-refractivity contribution < 1.29 is 4.39 Å². The molecular formula is C16H24FN. The Morgan fingerprint density at radius 2 is 1.72 bits per heavy atom. The zero-order valence-corrected chi connectivity index (χ0v) is 11.7. The molecule has 2 rings (SSSR count). The molecule has 1 aliphatic rings. The number of nitrogens with one attached hydrogen (secondary N) is 1. The van der Waals surface area contributed by atoms with Crippen molar-refractivity contribution in [2.75, 3.05) is 7.05 Å². The lowest BCUT2D eigenvalue weighted by Gasteiger charge is -2.38. The van der Waals surface area contributed by atoms with Crippen LogP contribution in [0, 0.1) is 17.2 Å². The Morgan fingerprint density at radius 3 is 2.22 bits per heavy atom. The second kappa shape index (κ2) is 5.40. The first-order chi connectivity index (χ1) is 8.52. The highest BCUT2D eigenvalue weighted by Crippen LogP contribution is 2.42. The van der Waals surface area contributed by atoms with Gasteiger partial charge in [0.05, 0.1) is 0 Å². The zero-order valence-electron chi connectivity index (χ0n) is 11.7. The van der Waals surface area contributed by atoms with Crippen LogP contribution in [0.3, 0.4) is 0 Å². The smallest absolute Gasteiger partial charge is 0.123 e. The molecule has 0 saturated heterocycles. The van der Waals surface area contributed by atoms with Crippen LogP contribution in [0.1, 0.15) is 51.1 Å². The van der Waals surface area contributed by atoms with E-state index < -0.39 is 0 Å². The molecule has 2 heteroatoms. The average molecular weight is 249 g/mol. The predicted octanol–water partition coefficient (Wildman–Crippen LogP) is 4.30. The molecule has 1 aliphatic carbocycles. The van der Waals surface area contributed by atoms with Gasteiger partial charge in [-0.2, -0.15) is 0 Å². The van der Waals surface area contributed by atoms with Gasteiger partial charge < -0.3 is 5.32 Å². The monoisotopic (exact) mass is 249 g/mol. The van der Waals surface area contributed by atoms with E-state index in [9.17, 15) is 4.39 Å². The van der Waals surface area contributed by atoms with Crippen molar-refractivity contribution in [1.29, 1.82) is 0 Å². The highest BCUT2D eigenvalue weighted by Gasteiger charge is 2.31. The van der Waals surface area contributed by atoms with E-state index in [1.165, 1.54) is 31.2 Å². The van der Waals surface area contributed by atoms with Crippen LogP contribution in [0.4, 0.5) is 4.39 Å². The van der Waals surface area contributed by atoms with Crippen LogP contribution in [0.25, 0.3) is 0 Å². The molecule has 18 heavy (non-hydrogen) atoms. The van der Waals surface area contributed by atoms with Gasteiger partial charge in [0.25, 0.3) is 0 Å². The molecule has 1 N–H and O–H groups in total. The van der Waals surface area contributed by atoms with Gasteiger partial charge in [-0.05, 0) is 61.8 Å². The largest absolute Gasteiger partial charge is 0.313 e. The number of halogens is 1. The molecule has 0 radical (unpaired) electrons. The van der Waals surface area contributed by atoms with Crippen LogP contribution in [-0.2, 0) is 0 Å². The predicted molar refractivity (Wildman–Crippen MR) is 73.9 cm³/mol. The average Bonchev–Trinajstić information content (AvgIpc) is 2.34. The quantitative estimate of drug-likeness (QED) is 0.842. The summed E-state index contributed by atoms with van der Waals surface area (Å²) >= 11 is 0. The lowest BCUT2D eigenvalue weighted by atomic mass is 9.70. The van der Waals surface area contributed by atoms with Gasteiger partial charge in [0.15, 0.2) is 0 Å². The van der Waals surface area contributed by atoms with E-state index in [1.54, 1.807) is 12.1 Å². The first kappa shape index (κ1) is 13.5. The molecule has 1 nitrogen and oxygen atoms in total. The van der Waals surface area contributed by atoms with Gasteiger partial charge >= 0.3 is 0 Å². The van der Waals surface area contributed by atoms with Crippen LogP contribution in [0.15, 0.2) is 24.3 Å². The third-order valence-corrected chi connectivity index (χ3v) is 4.40. The molecule has 0 aromatic heterocycles. The van der Waals surface area contributed by atoms with Gasteiger partial charge in [-0.25, -0.2) is 4.39 Å². The molecule has 1 unspecified atom stereocenters. The summed E-state index contributed by atoms with van der Waals surface area (Å²) in [6.45, 7) is 4.71. The Labute approximate surface area is 110 Å². The van der Waals surface area contributed by atoms with Gasteiger partial charge in [-0.15, -0.1) is 0 Å². The van der Waals surface area contributed by atoms with Crippen LogP contribution >= 0.6 is 0 Å². The molecule has 1 atom stereocenters. The molecular weight excluding hydrogens is 225 g/mol. The van der Waals surface area contributed by atoms with E-state index in [2.05, 4.69) is 19.2 Å². The van der Waals surface area contributed by atoms with Gasteiger partial charge in [0.2, 0.25) is 0 Å². The van der Waals surface area contributed by atoms with E-state index in [-0.39, 0.29) is 5.82 Å². The fraction of sp³-hybridized carbons (Fsp3) is 0.625. The fourth-order valence-electron chi connectivity index (χ4n) is 3.10. The van der Waals surface area contributed by atoms with E-state index in [4.69, 9.17) is 0 Å². The minimum absolute atomic E-state index is 0.154. The fourth-order valence-corrected chi connectivity index (χ4v) is 3.10. The van der Waals surface area contributed by atoms with Crippen LogP contribution in [0.5, 0.6) is 0 Å².